The van der Waals surface area contributed by atoms with Crippen LogP contribution in [0.4, 0.5) is 5.69 Å². The van der Waals surface area contributed by atoms with Crippen molar-refractivity contribution in [3.63, 3.8) is 0 Å². The molecule has 0 saturated carbocycles. The van der Waals surface area contributed by atoms with E-state index in [4.69, 9.17) is 11.6 Å². The Kier molecular flexibility index (Phi) is 4.19. The highest BCUT2D eigenvalue weighted by molar-refractivity contribution is 7.92. The summed E-state index contributed by atoms with van der Waals surface area (Å²) < 4.78 is 32.8. The van der Waals surface area contributed by atoms with E-state index in [0.29, 0.717) is 0 Å². The normalized spacial score (nSPS) is 11.2. The topological polar surface area (TPSA) is 90.3 Å². The monoisotopic (exact) mass is 329 g/mol. The van der Waals surface area contributed by atoms with E-state index in [1.807, 2.05) is 0 Å². The molecule has 2 rings (SSSR count). The molecule has 7 nitrogen and oxygen atoms in total. The van der Waals surface area contributed by atoms with E-state index in [-0.39, 0.29) is 21.4 Å². The third-order valence-corrected chi connectivity index (χ3v) is 4.52. The predicted molar refractivity (Wildman–Crippen MR) is 76.8 cm³/mol. The lowest BCUT2D eigenvalue weighted by Crippen LogP contribution is -2.17. The highest BCUT2D eigenvalue weighted by atomic mass is 35.5. The van der Waals surface area contributed by atoms with Gasteiger partial charge in [-0.3, -0.25) is 4.72 Å². The van der Waals surface area contributed by atoms with Crippen LogP contribution in [0, 0.1) is 0 Å². The number of anilines is 1. The number of ether oxygens (including phenoxy) is 1. The van der Waals surface area contributed by atoms with Crippen LogP contribution < -0.4 is 4.72 Å². The molecule has 9 heteroatoms. The summed E-state index contributed by atoms with van der Waals surface area (Å²) in [5.74, 6) is -0.652. The van der Waals surface area contributed by atoms with Gasteiger partial charge in [0.15, 0.2) is 0 Å². The number of nitrogens with zero attached hydrogens (tertiary/aromatic N) is 2. The number of hydrogen-bond acceptors (Lipinski definition) is 5. The van der Waals surface area contributed by atoms with E-state index in [1.54, 1.807) is 19.2 Å². The SMILES string of the molecule is COC(=O)c1ccccc1NS(=O)(=O)c1ncn(C)c1Cl. The third kappa shape index (κ3) is 3.01. The first-order chi connectivity index (χ1) is 9.86. The van der Waals surface area contributed by atoms with Crippen LogP contribution in [0.2, 0.25) is 5.15 Å². The fraction of sp³-hybridized carbons (Fsp3) is 0.167. The minimum atomic E-state index is -4.01. The molecule has 0 amide bonds. The second kappa shape index (κ2) is 5.74. The molecule has 0 aliphatic carbocycles. The Bertz CT molecular complexity index is 786. The van der Waals surface area contributed by atoms with Crippen molar-refractivity contribution in [2.75, 3.05) is 11.8 Å². The predicted octanol–water partition coefficient (Wildman–Crippen LogP) is 1.66. The summed E-state index contributed by atoms with van der Waals surface area (Å²) in [5.41, 5.74) is 0.182. The summed E-state index contributed by atoms with van der Waals surface area (Å²) in [6, 6.07) is 6.08. The molecule has 0 aliphatic rings. The van der Waals surface area contributed by atoms with Crippen LogP contribution in [0.1, 0.15) is 10.4 Å². The lowest BCUT2D eigenvalue weighted by molar-refractivity contribution is 0.0602. The van der Waals surface area contributed by atoms with Crippen molar-refractivity contribution < 1.29 is 17.9 Å². The molecule has 0 atom stereocenters. The number of aromatic nitrogens is 2. The fourth-order valence-electron chi connectivity index (χ4n) is 1.63. The molecule has 2 aromatic rings. The van der Waals surface area contributed by atoms with Gasteiger partial charge >= 0.3 is 5.97 Å². The molecule has 1 N–H and O–H groups in total. The number of sulfonamides is 1. The average Bonchev–Trinajstić information content (AvgIpc) is 2.79. The molecule has 0 spiro atoms. The lowest BCUT2D eigenvalue weighted by Gasteiger charge is -2.10. The summed E-state index contributed by atoms with van der Waals surface area (Å²) in [7, 11) is -1.23. The number of esters is 1. The number of benzene rings is 1. The van der Waals surface area contributed by atoms with Gasteiger partial charge in [0, 0.05) is 7.05 Å². The molecule has 1 heterocycles. The molecular weight excluding hydrogens is 318 g/mol. The van der Waals surface area contributed by atoms with Crippen LogP contribution in [0.25, 0.3) is 0 Å². The van der Waals surface area contributed by atoms with Crippen LogP contribution in [0.3, 0.4) is 0 Å². The van der Waals surface area contributed by atoms with Crippen molar-refractivity contribution in [3.05, 3.63) is 41.3 Å². The summed E-state index contributed by atoms with van der Waals surface area (Å²) in [5, 5.41) is -0.343. The summed E-state index contributed by atoms with van der Waals surface area (Å²) in [4.78, 5) is 15.4. The number of nitrogens with one attached hydrogen (secondary N) is 1. The van der Waals surface area contributed by atoms with Gasteiger partial charge in [-0.05, 0) is 12.1 Å². The van der Waals surface area contributed by atoms with Gasteiger partial charge in [0.2, 0.25) is 5.03 Å². The first-order valence-corrected chi connectivity index (χ1v) is 7.60. The zero-order chi connectivity index (χ0) is 15.6. The van der Waals surface area contributed by atoms with Gasteiger partial charge in [0.05, 0.1) is 24.7 Å². The number of hydrogen-bond donors (Lipinski definition) is 1. The van der Waals surface area contributed by atoms with Gasteiger partial charge in [0.25, 0.3) is 10.0 Å². The molecule has 21 heavy (non-hydrogen) atoms. The van der Waals surface area contributed by atoms with Crippen LogP contribution in [0.5, 0.6) is 0 Å². The Balaban J connectivity index is 2.43. The molecule has 1 aromatic carbocycles. The summed E-state index contributed by atoms with van der Waals surface area (Å²) in [6.45, 7) is 0. The minimum absolute atomic E-state index is 0.0296. The molecule has 0 radical (unpaired) electrons. The standard InChI is InChI=1S/C12H12ClN3O4S/c1-16-7-14-11(10(16)13)21(18,19)15-9-6-4-3-5-8(9)12(17)20-2/h3-7,15H,1-2H3. The zero-order valence-electron chi connectivity index (χ0n) is 11.2. The van der Waals surface area contributed by atoms with E-state index in [0.717, 1.165) is 0 Å². The second-order valence-corrected chi connectivity index (χ2v) is 6.05. The highest BCUT2D eigenvalue weighted by Crippen LogP contribution is 2.24. The first kappa shape index (κ1) is 15.3. The quantitative estimate of drug-likeness (QED) is 0.861. The van der Waals surface area contributed by atoms with E-state index < -0.39 is 16.0 Å². The van der Waals surface area contributed by atoms with Crippen molar-refractivity contribution in [3.8, 4) is 0 Å². The molecule has 0 unspecified atom stereocenters. The van der Waals surface area contributed by atoms with Gasteiger partial charge in [-0.25, -0.2) is 9.78 Å². The number of carbonyl (C=O) groups is 1. The van der Waals surface area contributed by atoms with E-state index in [2.05, 4.69) is 14.4 Å². The molecule has 1 aromatic heterocycles. The maximum Gasteiger partial charge on any atom is 0.339 e. The smallest absolute Gasteiger partial charge is 0.339 e. The largest absolute Gasteiger partial charge is 0.465 e. The Hall–Kier alpha value is -2.06. The van der Waals surface area contributed by atoms with Gasteiger partial charge in [-0.15, -0.1) is 0 Å². The van der Waals surface area contributed by atoms with Crippen LogP contribution >= 0.6 is 11.6 Å². The fourth-order valence-corrected chi connectivity index (χ4v) is 3.14. The number of imidazole rings is 1. The van der Waals surface area contributed by atoms with Crippen molar-refractivity contribution in [2.24, 2.45) is 7.05 Å². The van der Waals surface area contributed by atoms with Crippen LogP contribution in [-0.2, 0) is 21.8 Å². The summed E-state index contributed by atoms with van der Waals surface area (Å²) >= 11 is 5.88. The summed E-state index contributed by atoms with van der Waals surface area (Å²) in [6.07, 6.45) is 1.28. The molecule has 0 bridgehead atoms. The molecule has 0 saturated heterocycles. The number of rotatable bonds is 4. The molecule has 112 valence electrons. The van der Waals surface area contributed by atoms with Crippen molar-refractivity contribution >= 4 is 33.3 Å². The second-order valence-electron chi connectivity index (χ2n) is 4.09. The van der Waals surface area contributed by atoms with Crippen LogP contribution in [-0.4, -0.2) is 31.0 Å². The Morgan fingerprint density at radius 2 is 2.05 bits per heavy atom. The number of carbonyl (C=O) groups excluding carboxylic acids is 1. The molecular formula is C12H12ClN3O4S. The first-order valence-electron chi connectivity index (χ1n) is 5.74. The number of methoxy groups -OCH3 is 1. The Morgan fingerprint density at radius 1 is 1.38 bits per heavy atom. The average molecular weight is 330 g/mol. The maximum absolute atomic E-state index is 12.3. The van der Waals surface area contributed by atoms with Gasteiger partial charge < -0.3 is 9.30 Å². The van der Waals surface area contributed by atoms with Gasteiger partial charge in [-0.1, -0.05) is 23.7 Å². The Labute approximate surface area is 126 Å². The lowest BCUT2D eigenvalue weighted by atomic mass is 10.2. The Morgan fingerprint density at radius 3 is 2.62 bits per heavy atom. The van der Waals surface area contributed by atoms with Gasteiger partial charge in [0.1, 0.15) is 5.15 Å². The molecule has 0 aliphatic heterocycles. The van der Waals surface area contributed by atoms with Crippen molar-refractivity contribution in [1.82, 2.24) is 9.55 Å². The number of para-hydroxylation sites is 1. The maximum atomic E-state index is 12.3. The highest BCUT2D eigenvalue weighted by Gasteiger charge is 2.24. The number of halogens is 1. The van der Waals surface area contributed by atoms with E-state index >= 15 is 0 Å². The van der Waals surface area contributed by atoms with Crippen molar-refractivity contribution in [2.45, 2.75) is 5.03 Å². The minimum Gasteiger partial charge on any atom is -0.465 e. The van der Waals surface area contributed by atoms with Crippen molar-refractivity contribution in [1.29, 1.82) is 0 Å². The number of aryl methyl sites for hydroxylation is 1. The third-order valence-electron chi connectivity index (χ3n) is 2.67. The van der Waals surface area contributed by atoms with E-state index in [9.17, 15) is 13.2 Å². The zero-order valence-corrected chi connectivity index (χ0v) is 12.8. The molecule has 0 fully saturated rings. The van der Waals surface area contributed by atoms with Gasteiger partial charge in [-0.2, -0.15) is 8.42 Å². The van der Waals surface area contributed by atoms with E-state index in [1.165, 1.54) is 30.1 Å². The van der Waals surface area contributed by atoms with Crippen LogP contribution in [0.15, 0.2) is 35.6 Å².